The highest BCUT2D eigenvalue weighted by Crippen LogP contribution is 1.73. The molecule has 4 nitrogen and oxygen atoms in total. The first-order valence-electron chi connectivity index (χ1n) is 3.46. The van der Waals surface area contributed by atoms with Gasteiger partial charge >= 0.3 is 6.09 Å². The fraction of sp³-hybridized carbons (Fsp3) is 0.833. The van der Waals surface area contributed by atoms with Gasteiger partial charge in [0.05, 0.1) is 6.61 Å². The predicted molar refractivity (Wildman–Crippen MR) is 38.5 cm³/mol. The quantitative estimate of drug-likeness (QED) is 0.452. The molecule has 0 aliphatic carbocycles. The Morgan fingerprint density at radius 1 is 1.50 bits per heavy atom. The molecule has 4 heteroatoms. The zero-order valence-electron chi connectivity index (χ0n) is 6.44. The molecule has 60 valence electrons. The van der Waals surface area contributed by atoms with E-state index in [-0.39, 0.29) is 0 Å². The van der Waals surface area contributed by atoms with Crippen LogP contribution in [0.1, 0.15) is 20.3 Å². The Morgan fingerprint density at radius 2 is 2.20 bits per heavy atom. The summed E-state index contributed by atoms with van der Waals surface area (Å²) in [4.78, 5) is 10.5. The Bertz CT molecular complexity index is 95.7. The summed E-state index contributed by atoms with van der Waals surface area (Å²) in [6.45, 7) is 4.94. The van der Waals surface area contributed by atoms with Crippen molar-refractivity contribution in [3.8, 4) is 0 Å². The lowest BCUT2D eigenvalue weighted by atomic mass is 10.5. The van der Waals surface area contributed by atoms with Gasteiger partial charge in [-0.2, -0.15) is 0 Å². The molecule has 10 heavy (non-hydrogen) atoms. The van der Waals surface area contributed by atoms with E-state index in [1.165, 1.54) is 0 Å². The maximum Gasteiger partial charge on any atom is 0.421 e. The number of carbonyl (C=O) groups is 1. The number of amides is 1. The Balaban J connectivity index is 3.05. The molecule has 0 saturated carbocycles. The minimum absolute atomic E-state index is 0.402. The van der Waals surface area contributed by atoms with Crippen LogP contribution in [0.3, 0.4) is 0 Å². The van der Waals surface area contributed by atoms with E-state index in [1.54, 1.807) is 6.92 Å². The molecule has 0 aliphatic rings. The van der Waals surface area contributed by atoms with E-state index >= 15 is 0 Å². The molecule has 0 radical (unpaired) electrons. The Morgan fingerprint density at radius 3 is 2.70 bits per heavy atom. The minimum atomic E-state index is -0.420. The largest absolute Gasteiger partial charge is 0.449 e. The average molecular weight is 146 g/mol. The number of rotatable bonds is 4. The molecule has 1 amide bonds. The van der Waals surface area contributed by atoms with Crippen molar-refractivity contribution in [1.29, 1.82) is 0 Å². The van der Waals surface area contributed by atoms with Crippen LogP contribution in [0.4, 0.5) is 4.79 Å². The molecule has 0 bridgehead atoms. The van der Waals surface area contributed by atoms with E-state index < -0.39 is 6.09 Å². The van der Waals surface area contributed by atoms with Crippen molar-refractivity contribution in [2.24, 2.45) is 0 Å². The lowest BCUT2D eigenvalue weighted by Gasteiger charge is -2.04. The molecule has 0 atom stereocenters. The lowest BCUT2D eigenvalue weighted by molar-refractivity contribution is 0.147. The number of ether oxygens (including phenoxy) is 1. The van der Waals surface area contributed by atoms with E-state index in [2.05, 4.69) is 15.6 Å². The first-order chi connectivity index (χ1) is 4.81. The van der Waals surface area contributed by atoms with Crippen LogP contribution in [0.2, 0.25) is 0 Å². The van der Waals surface area contributed by atoms with E-state index in [0.717, 1.165) is 13.0 Å². The van der Waals surface area contributed by atoms with Crippen molar-refractivity contribution in [2.75, 3.05) is 13.2 Å². The normalized spacial score (nSPS) is 9.00. The molecular formula is C6H14N2O2. The van der Waals surface area contributed by atoms with Crippen LogP contribution in [-0.2, 0) is 4.74 Å². The van der Waals surface area contributed by atoms with Gasteiger partial charge in [-0.1, -0.05) is 6.92 Å². The molecule has 0 unspecified atom stereocenters. The molecule has 0 spiro atoms. The third-order valence-corrected chi connectivity index (χ3v) is 0.841. The predicted octanol–water partition coefficient (Wildman–Crippen LogP) is 0.647. The van der Waals surface area contributed by atoms with Crippen LogP contribution in [-0.4, -0.2) is 19.2 Å². The summed E-state index contributed by atoms with van der Waals surface area (Å²) in [6, 6.07) is 0. The highest BCUT2D eigenvalue weighted by molar-refractivity contribution is 5.66. The maximum atomic E-state index is 10.5. The summed E-state index contributed by atoms with van der Waals surface area (Å²) < 4.78 is 4.58. The highest BCUT2D eigenvalue weighted by Gasteiger charge is 1.95. The first-order valence-corrected chi connectivity index (χ1v) is 3.46. The van der Waals surface area contributed by atoms with Crippen LogP contribution >= 0.6 is 0 Å². The van der Waals surface area contributed by atoms with Gasteiger partial charge in [0.2, 0.25) is 0 Å². The molecule has 0 heterocycles. The molecule has 0 aromatic rings. The van der Waals surface area contributed by atoms with Crippen molar-refractivity contribution >= 4 is 6.09 Å². The average Bonchev–Trinajstić information content (AvgIpc) is 1.89. The van der Waals surface area contributed by atoms with Gasteiger partial charge in [0.25, 0.3) is 0 Å². The molecule has 0 aliphatic heterocycles. The van der Waals surface area contributed by atoms with Gasteiger partial charge in [-0.05, 0) is 13.3 Å². The van der Waals surface area contributed by atoms with Gasteiger partial charge in [0, 0.05) is 6.54 Å². The van der Waals surface area contributed by atoms with Crippen molar-refractivity contribution in [3.63, 3.8) is 0 Å². The molecule has 0 aromatic carbocycles. The highest BCUT2D eigenvalue weighted by atomic mass is 16.5. The zero-order chi connectivity index (χ0) is 7.82. The Kier molecular flexibility index (Phi) is 5.86. The summed E-state index contributed by atoms with van der Waals surface area (Å²) in [5, 5.41) is 0. The molecule has 2 N–H and O–H groups in total. The van der Waals surface area contributed by atoms with E-state index in [4.69, 9.17) is 0 Å². The topological polar surface area (TPSA) is 50.4 Å². The van der Waals surface area contributed by atoms with Crippen molar-refractivity contribution < 1.29 is 9.53 Å². The van der Waals surface area contributed by atoms with Gasteiger partial charge in [0.1, 0.15) is 0 Å². The van der Waals surface area contributed by atoms with Gasteiger partial charge in [-0.25, -0.2) is 10.2 Å². The first kappa shape index (κ1) is 9.23. The van der Waals surface area contributed by atoms with E-state index in [1.807, 2.05) is 6.92 Å². The third-order valence-electron chi connectivity index (χ3n) is 0.841. The monoisotopic (exact) mass is 146 g/mol. The minimum Gasteiger partial charge on any atom is -0.449 e. The second-order valence-electron chi connectivity index (χ2n) is 1.77. The van der Waals surface area contributed by atoms with Crippen LogP contribution in [0, 0.1) is 0 Å². The molecule has 0 saturated heterocycles. The SMILES string of the molecule is CCCNNC(=O)OCC. The van der Waals surface area contributed by atoms with Gasteiger partial charge < -0.3 is 4.74 Å². The molecule has 0 aromatic heterocycles. The molecular weight excluding hydrogens is 132 g/mol. The van der Waals surface area contributed by atoms with Crippen LogP contribution in [0.15, 0.2) is 0 Å². The van der Waals surface area contributed by atoms with Crippen molar-refractivity contribution in [1.82, 2.24) is 10.9 Å². The maximum absolute atomic E-state index is 10.5. The number of hydrogen-bond donors (Lipinski definition) is 2. The third kappa shape index (κ3) is 5.37. The number of nitrogens with one attached hydrogen (secondary N) is 2. The summed E-state index contributed by atoms with van der Waals surface area (Å²) in [5.41, 5.74) is 5.07. The number of carbonyl (C=O) groups excluding carboxylic acids is 1. The molecule has 0 rings (SSSR count). The van der Waals surface area contributed by atoms with E-state index in [9.17, 15) is 4.79 Å². The standard InChI is InChI=1S/C6H14N2O2/c1-3-5-7-8-6(9)10-4-2/h7H,3-5H2,1-2H3,(H,8,9). The van der Waals surface area contributed by atoms with Crippen LogP contribution < -0.4 is 10.9 Å². The zero-order valence-corrected chi connectivity index (χ0v) is 6.44. The van der Waals surface area contributed by atoms with Gasteiger partial charge in [-0.3, -0.25) is 5.43 Å². The van der Waals surface area contributed by atoms with Crippen molar-refractivity contribution in [3.05, 3.63) is 0 Å². The second-order valence-corrected chi connectivity index (χ2v) is 1.77. The van der Waals surface area contributed by atoms with Gasteiger partial charge in [-0.15, -0.1) is 0 Å². The van der Waals surface area contributed by atoms with Crippen LogP contribution in [0.25, 0.3) is 0 Å². The number of hydrogen-bond acceptors (Lipinski definition) is 3. The fourth-order valence-electron chi connectivity index (χ4n) is 0.427. The molecule has 0 fully saturated rings. The number of hydrazine groups is 1. The Hall–Kier alpha value is -0.770. The van der Waals surface area contributed by atoms with Gasteiger partial charge in [0.15, 0.2) is 0 Å². The second kappa shape index (κ2) is 6.35. The summed E-state index contributed by atoms with van der Waals surface area (Å²) >= 11 is 0. The van der Waals surface area contributed by atoms with Crippen LogP contribution in [0.5, 0.6) is 0 Å². The van der Waals surface area contributed by atoms with Crippen molar-refractivity contribution in [2.45, 2.75) is 20.3 Å². The smallest absolute Gasteiger partial charge is 0.421 e. The summed E-state index contributed by atoms with van der Waals surface area (Å²) in [6.07, 6.45) is 0.558. The fourth-order valence-corrected chi connectivity index (χ4v) is 0.427. The summed E-state index contributed by atoms with van der Waals surface area (Å²) in [5.74, 6) is 0. The van der Waals surface area contributed by atoms with E-state index in [0.29, 0.717) is 6.61 Å². The Labute approximate surface area is 60.9 Å². The lowest BCUT2D eigenvalue weighted by Crippen LogP contribution is -2.38. The summed E-state index contributed by atoms with van der Waals surface area (Å²) in [7, 11) is 0.